The Bertz CT molecular complexity index is 462. The number of nitrogens with one attached hydrogen (secondary N) is 1. The van der Waals surface area contributed by atoms with Gasteiger partial charge in [-0.2, -0.15) is 0 Å². The van der Waals surface area contributed by atoms with E-state index < -0.39 is 5.82 Å². The van der Waals surface area contributed by atoms with Crippen molar-refractivity contribution >= 4 is 29.9 Å². The molecule has 0 heterocycles. The molecule has 1 aromatic rings. The Morgan fingerprint density at radius 2 is 2.05 bits per heavy atom. The molecular weight excluding hydrogens is 290 g/mol. The molecule has 0 atom stereocenters. The molecule has 0 bridgehead atoms. The van der Waals surface area contributed by atoms with Gasteiger partial charge in [-0.25, -0.2) is 4.39 Å². The van der Waals surface area contributed by atoms with E-state index in [9.17, 15) is 9.18 Å². The third kappa shape index (κ3) is 3.59. The van der Waals surface area contributed by atoms with Crippen LogP contribution in [0.3, 0.4) is 0 Å². The molecule has 19 heavy (non-hydrogen) atoms. The first-order chi connectivity index (χ1) is 8.56. The maximum atomic E-state index is 13.3. The van der Waals surface area contributed by atoms with Crippen molar-refractivity contribution in [1.29, 1.82) is 0 Å². The van der Waals surface area contributed by atoms with E-state index in [-0.39, 0.29) is 34.4 Å². The molecule has 6 heteroatoms. The summed E-state index contributed by atoms with van der Waals surface area (Å²) >= 11 is 5.58. The van der Waals surface area contributed by atoms with Crippen LogP contribution in [0.2, 0.25) is 5.02 Å². The summed E-state index contributed by atoms with van der Waals surface area (Å²) in [6.45, 7) is 0.412. The van der Waals surface area contributed by atoms with Crippen LogP contribution in [0.25, 0.3) is 0 Å². The van der Waals surface area contributed by atoms with Gasteiger partial charge in [-0.05, 0) is 31.0 Å². The summed E-state index contributed by atoms with van der Waals surface area (Å²) in [5.74, 6) is -0.879. The van der Waals surface area contributed by atoms with Gasteiger partial charge in [-0.15, -0.1) is 12.4 Å². The van der Waals surface area contributed by atoms with E-state index in [0.29, 0.717) is 6.54 Å². The fraction of sp³-hybridized carbons (Fsp3) is 0.462. The van der Waals surface area contributed by atoms with E-state index in [1.165, 1.54) is 12.1 Å². The Hall–Kier alpha value is -0.840. The summed E-state index contributed by atoms with van der Waals surface area (Å²) in [7, 11) is 0. The van der Waals surface area contributed by atoms with Gasteiger partial charge >= 0.3 is 0 Å². The number of amides is 1. The second-order valence-corrected chi connectivity index (χ2v) is 5.18. The second kappa shape index (κ2) is 6.55. The molecule has 0 aromatic heterocycles. The van der Waals surface area contributed by atoms with Crippen LogP contribution in [0.4, 0.5) is 4.39 Å². The molecule has 0 unspecified atom stereocenters. The second-order valence-electron chi connectivity index (χ2n) is 4.77. The number of carbonyl (C=O) groups excluding carboxylic acids is 1. The third-order valence-corrected chi connectivity index (χ3v) is 3.82. The average Bonchev–Trinajstić information content (AvgIpc) is 2.82. The summed E-state index contributed by atoms with van der Waals surface area (Å²) in [6.07, 6.45) is 3.88. The molecular formula is C13H17Cl2FN2O. The number of hydrogen-bond acceptors (Lipinski definition) is 2. The molecule has 1 aliphatic carbocycles. The van der Waals surface area contributed by atoms with Crippen LogP contribution in [-0.4, -0.2) is 18.0 Å². The van der Waals surface area contributed by atoms with Gasteiger partial charge in [0.1, 0.15) is 5.82 Å². The van der Waals surface area contributed by atoms with E-state index >= 15 is 0 Å². The predicted molar refractivity (Wildman–Crippen MR) is 76.4 cm³/mol. The largest absolute Gasteiger partial charge is 0.345 e. The fourth-order valence-electron chi connectivity index (χ4n) is 2.38. The van der Waals surface area contributed by atoms with Crippen LogP contribution in [0.5, 0.6) is 0 Å². The maximum Gasteiger partial charge on any atom is 0.251 e. The molecule has 1 amide bonds. The Balaban J connectivity index is 0.00000180. The van der Waals surface area contributed by atoms with Gasteiger partial charge < -0.3 is 11.1 Å². The lowest BCUT2D eigenvalue weighted by atomic mass is 9.97. The van der Waals surface area contributed by atoms with Crippen LogP contribution >= 0.6 is 24.0 Å². The smallest absolute Gasteiger partial charge is 0.251 e. The maximum absolute atomic E-state index is 13.3. The molecule has 0 saturated heterocycles. The molecule has 3 nitrogen and oxygen atoms in total. The highest BCUT2D eigenvalue weighted by molar-refractivity contribution is 6.30. The van der Waals surface area contributed by atoms with Crippen molar-refractivity contribution in [2.24, 2.45) is 5.73 Å². The minimum absolute atomic E-state index is 0. The number of hydrogen-bond donors (Lipinski definition) is 2. The van der Waals surface area contributed by atoms with Crippen LogP contribution in [0, 0.1) is 5.82 Å². The van der Waals surface area contributed by atoms with Gasteiger partial charge in [0.15, 0.2) is 0 Å². The van der Waals surface area contributed by atoms with Gasteiger partial charge in [0, 0.05) is 12.1 Å². The Kier molecular flexibility index (Phi) is 5.59. The van der Waals surface area contributed by atoms with E-state index in [0.717, 1.165) is 31.7 Å². The van der Waals surface area contributed by atoms with Crippen molar-refractivity contribution in [3.05, 3.63) is 34.6 Å². The normalized spacial score (nSPS) is 16.8. The van der Waals surface area contributed by atoms with Crippen molar-refractivity contribution in [1.82, 2.24) is 5.32 Å². The van der Waals surface area contributed by atoms with Gasteiger partial charge in [0.25, 0.3) is 5.91 Å². The molecule has 3 N–H and O–H groups in total. The van der Waals surface area contributed by atoms with Crippen molar-refractivity contribution in [3.63, 3.8) is 0 Å². The molecule has 1 saturated carbocycles. The molecule has 2 rings (SSSR count). The quantitative estimate of drug-likeness (QED) is 0.902. The van der Waals surface area contributed by atoms with E-state index in [2.05, 4.69) is 5.32 Å². The van der Waals surface area contributed by atoms with Crippen LogP contribution in [0.1, 0.15) is 36.0 Å². The number of carbonyl (C=O) groups is 1. The third-order valence-electron chi connectivity index (χ3n) is 3.51. The molecule has 106 valence electrons. The topological polar surface area (TPSA) is 55.1 Å². The minimum Gasteiger partial charge on any atom is -0.345 e. The Labute approximate surface area is 123 Å². The van der Waals surface area contributed by atoms with Crippen LogP contribution in [-0.2, 0) is 0 Å². The lowest BCUT2D eigenvalue weighted by Gasteiger charge is -2.28. The molecule has 1 aliphatic rings. The zero-order chi connectivity index (χ0) is 13.2. The Morgan fingerprint density at radius 3 is 2.58 bits per heavy atom. The first-order valence-electron chi connectivity index (χ1n) is 6.04. The van der Waals surface area contributed by atoms with Crippen molar-refractivity contribution in [2.75, 3.05) is 6.54 Å². The summed E-state index contributed by atoms with van der Waals surface area (Å²) in [4.78, 5) is 12.1. The zero-order valence-corrected chi connectivity index (χ0v) is 12.0. The van der Waals surface area contributed by atoms with E-state index in [1.54, 1.807) is 0 Å². The lowest BCUT2D eigenvalue weighted by molar-refractivity contribution is 0.0902. The fourth-order valence-corrected chi connectivity index (χ4v) is 2.50. The highest BCUT2D eigenvalue weighted by Crippen LogP contribution is 2.29. The summed E-state index contributed by atoms with van der Waals surface area (Å²) < 4.78 is 13.3. The van der Waals surface area contributed by atoms with Gasteiger partial charge in [0.2, 0.25) is 0 Å². The highest BCUT2D eigenvalue weighted by atomic mass is 35.5. The van der Waals surface area contributed by atoms with E-state index in [4.69, 9.17) is 17.3 Å². The summed E-state index contributed by atoms with van der Waals surface area (Å²) in [6, 6.07) is 4.05. The van der Waals surface area contributed by atoms with Crippen molar-refractivity contribution in [3.8, 4) is 0 Å². The van der Waals surface area contributed by atoms with Crippen LogP contribution < -0.4 is 11.1 Å². The number of halogens is 3. The van der Waals surface area contributed by atoms with E-state index in [1.807, 2.05) is 0 Å². The number of nitrogens with two attached hydrogens (primary N) is 1. The molecule has 1 aromatic carbocycles. The molecule has 0 spiro atoms. The Morgan fingerprint density at radius 1 is 1.42 bits per heavy atom. The SMILES string of the molecule is Cl.NCC1(NC(=O)c2ccc(Cl)c(F)c2)CCCC1. The number of rotatable bonds is 3. The first kappa shape index (κ1) is 16.2. The van der Waals surface area contributed by atoms with Gasteiger partial charge in [-0.3, -0.25) is 4.79 Å². The van der Waals surface area contributed by atoms with Gasteiger partial charge in [0.05, 0.1) is 10.6 Å². The first-order valence-corrected chi connectivity index (χ1v) is 6.42. The molecule has 0 radical (unpaired) electrons. The molecule has 1 fully saturated rings. The number of benzene rings is 1. The predicted octanol–water partition coefficient (Wildman–Crippen LogP) is 2.90. The summed E-state index contributed by atoms with van der Waals surface area (Å²) in [5, 5.41) is 2.95. The zero-order valence-electron chi connectivity index (χ0n) is 10.4. The molecule has 0 aliphatic heterocycles. The van der Waals surface area contributed by atoms with Crippen molar-refractivity contribution < 1.29 is 9.18 Å². The van der Waals surface area contributed by atoms with Crippen molar-refractivity contribution in [2.45, 2.75) is 31.2 Å². The average molecular weight is 307 g/mol. The standard InChI is InChI=1S/C13H16ClFN2O.ClH/c14-10-4-3-9(7-11(10)15)12(18)17-13(8-16)5-1-2-6-13;/h3-4,7H,1-2,5-6,8,16H2,(H,17,18);1H. The monoisotopic (exact) mass is 306 g/mol. The van der Waals surface area contributed by atoms with Gasteiger partial charge in [-0.1, -0.05) is 24.4 Å². The lowest BCUT2D eigenvalue weighted by Crippen LogP contribution is -2.51. The minimum atomic E-state index is -0.586. The highest BCUT2D eigenvalue weighted by Gasteiger charge is 2.34. The summed E-state index contributed by atoms with van der Waals surface area (Å²) in [5.41, 5.74) is 5.69. The van der Waals surface area contributed by atoms with Crippen LogP contribution in [0.15, 0.2) is 18.2 Å².